The van der Waals surface area contributed by atoms with Crippen molar-refractivity contribution in [3.05, 3.63) is 48.3 Å². The molecule has 1 aromatic carbocycles. The lowest BCUT2D eigenvalue weighted by Crippen LogP contribution is -2.43. The van der Waals surface area contributed by atoms with Gasteiger partial charge in [-0.3, -0.25) is 4.90 Å². The number of carboxylic acid groups (broad SMARTS) is 1. The van der Waals surface area contributed by atoms with Crippen molar-refractivity contribution in [1.29, 1.82) is 0 Å². The smallest absolute Gasteiger partial charge is 0.408 e. The Bertz CT molecular complexity index is 715. The monoisotopic (exact) mass is 406 g/mol. The van der Waals surface area contributed by atoms with Gasteiger partial charge in [0.15, 0.2) is 0 Å². The Labute approximate surface area is 171 Å². The van der Waals surface area contributed by atoms with Crippen LogP contribution in [0, 0.1) is 5.82 Å². The number of ether oxygens (including phenoxy) is 1. The lowest BCUT2D eigenvalue weighted by atomic mass is 10.1. The number of amides is 1. The molecule has 1 unspecified atom stereocenters. The fourth-order valence-corrected chi connectivity index (χ4v) is 3.42. The molecule has 7 heteroatoms. The summed E-state index contributed by atoms with van der Waals surface area (Å²) >= 11 is 0. The number of carbonyl (C=O) groups excluding carboxylic acids is 1. The number of carboxylic acids is 1. The number of nitrogens with one attached hydrogen (secondary N) is 1. The van der Waals surface area contributed by atoms with Gasteiger partial charge in [-0.2, -0.15) is 0 Å². The normalized spacial score (nSPS) is 19.5. The van der Waals surface area contributed by atoms with Crippen LogP contribution in [-0.2, 0) is 9.53 Å². The molecule has 0 saturated heterocycles. The highest BCUT2D eigenvalue weighted by Gasteiger charge is 2.42. The fourth-order valence-electron chi connectivity index (χ4n) is 3.42. The summed E-state index contributed by atoms with van der Waals surface area (Å²) in [6.07, 6.45) is 2.99. The number of rotatable bonds is 10. The number of carbonyl (C=O) groups is 2. The molecule has 1 aromatic rings. The van der Waals surface area contributed by atoms with Crippen molar-refractivity contribution in [2.75, 3.05) is 13.1 Å². The molecule has 3 atom stereocenters. The highest BCUT2D eigenvalue weighted by atomic mass is 19.1. The first kappa shape index (κ1) is 22.9. The van der Waals surface area contributed by atoms with Gasteiger partial charge in [0.05, 0.1) is 0 Å². The zero-order valence-electron chi connectivity index (χ0n) is 17.4. The van der Waals surface area contributed by atoms with Gasteiger partial charge in [-0.1, -0.05) is 18.2 Å². The van der Waals surface area contributed by atoms with E-state index in [1.807, 2.05) is 18.2 Å². The Morgan fingerprint density at radius 3 is 2.59 bits per heavy atom. The van der Waals surface area contributed by atoms with Crippen molar-refractivity contribution in [2.24, 2.45) is 0 Å². The third-order valence-electron chi connectivity index (χ3n) is 4.81. The first-order valence-electron chi connectivity index (χ1n) is 9.93. The van der Waals surface area contributed by atoms with Crippen molar-refractivity contribution in [1.82, 2.24) is 10.2 Å². The second kappa shape index (κ2) is 9.87. The molecule has 1 saturated carbocycles. The quantitative estimate of drug-likeness (QED) is 0.576. The van der Waals surface area contributed by atoms with Crippen LogP contribution in [0.2, 0.25) is 0 Å². The van der Waals surface area contributed by atoms with Gasteiger partial charge in [0.2, 0.25) is 0 Å². The van der Waals surface area contributed by atoms with Crippen LogP contribution in [0.3, 0.4) is 0 Å². The lowest BCUT2D eigenvalue weighted by Gasteiger charge is -2.24. The van der Waals surface area contributed by atoms with Crippen molar-refractivity contribution in [3.8, 4) is 0 Å². The van der Waals surface area contributed by atoms with E-state index in [-0.39, 0.29) is 5.82 Å². The number of alkyl carbamates (subject to hydrolysis) is 1. The van der Waals surface area contributed by atoms with E-state index >= 15 is 0 Å². The number of hydrogen-bond donors (Lipinski definition) is 2. The predicted octanol–water partition coefficient (Wildman–Crippen LogP) is 3.93. The summed E-state index contributed by atoms with van der Waals surface area (Å²) in [5.41, 5.74) is 0.426. The van der Waals surface area contributed by atoms with E-state index in [9.17, 15) is 19.1 Å². The molecule has 2 rings (SSSR count). The van der Waals surface area contributed by atoms with E-state index in [2.05, 4.69) is 16.8 Å². The van der Waals surface area contributed by atoms with Crippen LogP contribution in [0.4, 0.5) is 9.18 Å². The van der Waals surface area contributed by atoms with Gasteiger partial charge in [-0.15, -0.1) is 6.58 Å². The van der Waals surface area contributed by atoms with Crippen LogP contribution in [0.25, 0.3) is 0 Å². The van der Waals surface area contributed by atoms with E-state index < -0.39 is 23.7 Å². The molecule has 2 N–H and O–H groups in total. The summed E-state index contributed by atoms with van der Waals surface area (Å²) in [5.74, 6) is -0.974. The molecule has 6 nitrogen and oxygen atoms in total. The average molecular weight is 406 g/mol. The van der Waals surface area contributed by atoms with Gasteiger partial charge < -0.3 is 15.2 Å². The van der Waals surface area contributed by atoms with E-state index in [0.717, 1.165) is 12.0 Å². The molecule has 1 aliphatic rings. The molecule has 0 heterocycles. The highest BCUT2D eigenvalue weighted by molar-refractivity contribution is 5.79. The van der Waals surface area contributed by atoms with Crippen LogP contribution in [0.1, 0.15) is 51.5 Å². The van der Waals surface area contributed by atoms with E-state index in [4.69, 9.17) is 4.74 Å². The Kier molecular flexibility index (Phi) is 7.79. The highest BCUT2D eigenvalue weighted by Crippen LogP contribution is 2.44. The third-order valence-corrected chi connectivity index (χ3v) is 4.81. The molecular weight excluding hydrogens is 375 g/mol. The van der Waals surface area contributed by atoms with Gasteiger partial charge in [0.25, 0.3) is 0 Å². The summed E-state index contributed by atoms with van der Waals surface area (Å²) in [6.45, 7) is 10.4. The number of hydrogen-bond acceptors (Lipinski definition) is 4. The van der Waals surface area contributed by atoms with Crippen LogP contribution < -0.4 is 5.32 Å². The third kappa shape index (κ3) is 7.49. The largest absolute Gasteiger partial charge is 0.480 e. The maximum atomic E-state index is 13.1. The maximum Gasteiger partial charge on any atom is 0.408 e. The van der Waals surface area contributed by atoms with Gasteiger partial charge >= 0.3 is 12.1 Å². The molecule has 0 aromatic heterocycles. The van der Waals surface area contributed by atoms with Crippen LogP contribution in [0.5, 0.6) is 0 Å². The average Bonchev–Trinajstić information content (AvgIpc) is 3.39. The molecule has 0 spiro atoms. The van der Waals surface area contributed by atoms with E-state index in [0.29, 0.717) is 37.9 Å². The van der Waals surface area contributed by atoms with Crippen molar-refractivity contribution >= 4 is 12.1 Å². The summed E-state index contributed by atoms with van der Waals surface area (Å²) in [7, 11) is 0. The van der Waals surface area contributed by atoms with Crippen LogP contribution in [-0.4, -0.2) is 52.8 Å². The summed E-state index contributed by atoms with van der Waals surface area (Å²) in [6, 6.07) is 5.92. The minimum atomic E-state index is -1.08. The number of halogens is 1. The first-order valence-corrected chi connectivity index (χ1v) is 9.93. The van der Waals surface area contributed by atoms with Gasteiger partial charge in [-0.05, 0) is 64.3 Å². The fraction of sp³-hybridized carbons (Fsp3) is 0.545. The van der Waals surface area contributed by atoms with Crippen molar-refractivity contribution in [3.63, 3.8) is 0 Å². The second-order valence-electron chi connectivity index (χ2n) is 8.42. The second-order valence-corrected chi connectivity index (χ2v) is 8.42. The molecule has 0 radical (unpaired) electrons. The zero-order chi connectivity index (χ0) is 21.6. The van der Waals surface area contributed by atoms with Crippen LogP contribution >= 0.6 is 0 Å². The molecule has 1 aliphatic carbocycles. The topological polar surface area (TPSA) is 78.9 Å². The lowest BCUT2D eigenvalue weighted by molar-refractivity contribution is -0.139. The summed E-state index contributed by atoms with van der Waals surface area (Å²) in [5, 5.41) is 11.8. The standard InChI is InChI=1S/C22H31FN2O4/c1-5-12-25(19-14-17(19)15-8-10-16(23)11-9-15)13-6-7-18(20(26)27)24-21(28)29-22(2,3)4/h5,8-11,17-19H,1,6-7,12-14H2,2-4H3,(H,24,28)(H,26,27)/t17-,18-,19?/m0/s1. The van der Waals surface area contributed by atoms with Crippen molar-refractivity contribution in [2.45, 2.75) is 63.6 Å². The van der Waals surface area contributed by atoms with Crippen molar-refractivity contribution < 1.29 is 23.8 Å². The Morgan fingerprint density at radius 2 is 2.03 bits per heavy atom. The molecular formula is C22H31FN2O4. The van der Waals surface area contributed by atoms with Gasteiger partial charge in [-0.25, -0.2) is 14.0 Å². The molecule has 1 fully saturated rings. The van der Waals surface area contributed by atoms with Gasteiger partial charge in [0.1, 0.15) is 17.5 Å². The predicted molar refractivity (Wildman–Crippen MR) is 109 cm³/mol. The van der Waals surface area contributed by atoms with Crippen LogP contribution in [0.15, 0.2) is 36.9 Å². The molecule has 29 heavy (non-hydrogen) atoms. The minimum absolute atomic E-state index is 0.244. The van der Waals surface area contributed by atoms with E-state index in [1.54, 1.807) is 20.8 Å². The number of benzene rings is 1. The Morgan fingerprint density at radius 1 is 1.38 bits per heavy atom. The molecule has 1 amide bonds. The SMILES string of the molecule is C=CCN(CCC[C@H](NC(=O)OC(C)(C)C)C(=O)O)C1C[C@H]1c1ccc(F)cc1. The number of aliphatic carboxylic acids is 1. The first-order chi connectivity index (χ1) is 13.6. The summed E-state index contributed by atoms with van der Waals surface area (Å²) < 4.78 is 18.3. The Hall–Kier alpha value is -2.41. The minimum Gasteiger partial charge on any atom is -0.480 e. The Balaban J connectivity index is 1.86. The molecule has 160 valence electrons. The molecule has 0 bridgehead atoms. The van der Waals surface area contributed by atoms with Gasteiger partial charge in [0, 0.05) is 18.5 Å². The zero-order valence-corrected chi connectivity index (χ0v) is 17.4. The maximum absolute atomic E-state index is 13.1. The molecule has 0 aliphatic heterocycles. The number of nitrogens with zero attached hydrogens (tertiary/aromatic N) is 1. The van der Waals surface area contributed by atoms with E-state index in [1.165, 1.54) is 12.1 Å². The summed E-state index contributed by atoms with van der Waals surface area (Å²) in [4.78, 5) is 25.6.